The summed E-state index contributed by atoms with van der Waals surface area (Å²) in [5.41, 5.74) is 33.9. The molecule has 19 aromatic carbocycles. The Kier molecular flexibility index (Phi) is 12.4. The second-order valence-corrected chi connectivity index (χ2v) is 34.1. The zero-order valence-electron chi connectivity index (χ0n) is 64.2. The minimum Gasteiger partial charge on any atom is -0.456 e. The molecule has 26 aromatic rings. The highest BCUT2D eigenvalue weighted by Gasteiger charge is 2.37. The van der Waals surface area contributed by atoms with E-state index in [4.69, 9.17) is 22.1 Å². The van der Waals surface area contributed by atoms with Crippen LogP contribution >= 0.6 is 11.3 Å². The lowest BCUT2D eigenvalue weighted by Gasteiger charge is -2.28. The van der Waals surface area contributed by atoms with Crippen molar-refractivity contribution in [1.82, 2.24) is 4.57 Å². The second kappa shape index (κ2) is 23.1. The molecule has 0 bridgehead atoms. The molecule has 552 valence electrons. The molecule has 7 heterocycles. The summed E-state index contributed by atoms with van der Waals surface area (Å²) >= 11 is 1.86. The Morgan fingerprint density at radius 2 is 0.664 bits per heavy atom. The van der Waals surface area contributed by atoms with Crippen molar-refractivity contribution >= 4 is 212 Å². The summed E-state index contributed by atoms with van der Waals surface area (Å²) in [7, 11) is 0. The maximum atomic E-state index is 6.47. The maximum absolute atomic E-state index is 6.47. The van der Waals surface area contributed by atoms with Crippen LogP contribution in [0.15, 0.2) is 362 Å². The van der Waals surface area contributed by atoms with Gasteiger partial charge in [0.1, 0.15) is 55.8 Å². The van der Waals surface area contributed by atoms with Gasteiger partial charge in [0.05, 0.1) is 11.0 Å². The molecule has 0 atom stereocenters. The highest BCUT2D eigenvalue weighted by atomic mass is 32.1. The van der Waals surface area contributed by atoms with Gasteiger partial charge in [-0.25, -0.2) is 0 Å². The van der Waals surface area contributed by atoms with Gasteiger partial charge in [0.25, 0.3) is 0 Å². The van der Waals surface area contributed by atoms with Crippen molar-refractivity contribution in [2.45, 2.75) is 19.3 Å². The van der Waals surface area contributed by atoms with Gasteiger partial charge in [0.15, 0.2) is 0 Å². The van der Waals surface area contributed by atoms with E-state index in [0.29, 0.717) is 0 Å². The maximum Gasteiger partial charge on any atom is 0.136 e. The first-order valence-corrected chi connectivity index (χ1v) is 41.6. The molecule has 4 aliphatic rings. The Balaban J connectivity index is 0.0000000965. The first-order chi connectivity index (χ1) is 58.8. The zero-order chi connectivity index (χ0) is 77.5. The van der Waals surface area contributed by atoms with E-state index in [2.05, 4.69) is 363 Å². The number of hydrogen-bond donors (Lipinski definition) is 0. The summed E-state index contributed by atoms with van der Waals surface area (Å²) in [5.74, 6) is 0. The second-order valence-electron chi connectivity index (χ2n) is 33.0. The van der Waals surface area contributed by atoms with Gasteiger partial charge in [-0.05, 0) is 222 Å². The lowest BCUT2D eigenvalue weighted by atomic mass is 9.82. The fourth-order valence-corrected chi connectivity index (χ4v) is 22.8. The number of aromatic nitrogens is 1. The van der Waals surface area contributed by atoms with Crippen molar-refractivity contribution in [3.05, 3.63) is 351 Å². The number of thiophene rings is 1. The first kappa shape index (κ1) is 64.1. The molecule has 0 N–H and O–H groups in total. The lowest BCUT2D eigenvalue weighted by Crippen LogP contribution is -2.16. The topological polar surface area (TPSA) is 73.9 Å². The van der Waals surface area contributed by atoms with Crippen LogP contribution in [-0.2, 0) is 5.41 Å². The number of hydrogen-bond acceptors (Lipinski definition) is 7. The number of benzene rings is 19. The van der Waals surface area contributed by atoms with Crippen LogP contribution in [0.1, 0.15) is 25.0 Å². The summed E-state index contributed by atoms with van der Waals surface area (Å²) in [5, 5.41) is 24.7. The Labute approximate surface area is 681 Å². The van der Waals surface area contributed by atoms with Crippen molar-refractivity contribution in [3.8, 4) is 72.4 Å². The number of nitrogens with zero attached hydrogens (tertiary/aromatic N) is 2. The van der Waals surface area contributed by atoms with E-state index in [-0.39, 0.29) is 5.41 Å². The average Bonchev–Trinajstić information content (AvgIpc) is 1.54. The molecule has 8 heteroatoms. The van der Waals surface area contributed by atoms with E-state index < -0.39 is 0 Å². The van der Waals surface area contributed by atoms with Crippen LogP contribution < -0.4 is 4.90 Å². The molecule has 119 heavy (non-hydrogen) atoms. The SMILES string of the molecule is CC1(C)c2ccccc2-c2ccc(N(c3ccccc3)c3ccc(-n4c5cccc6c5c5c7c(ccc8oc9cccc-6c9c87)ccc54)cc3)cc21.c1cc2c3c(c1)oc1ccc4ccc5oc6ccc(-c7ccc8sc9ccccc9c8c7)c-2c6c5c4c13.c1ccc(-c2ccc3oc4ccc5ccc6oc7cccc8c7c6c5c4c3c2-8)cc1. The van der Waals surface area contributed by atoms with Gasteiger partial charge in [-0.3, -0.25) is 0 Å². The van der Waals surface area contributed by atoms with Gasteiger partial charge in [0, 0.05) is 140 Å². The third-order valence-corrected chi connectivity index (χ3v) is 27.8. The number of anilines is 3. The van der Waals surface area contributed by atoms with Crippen molar-refractivity contribution in [2.75, 3.05) is 4.90 Å². The molecule has 0 saturated carbocycles. The van der Waals surface area contributed by atoms with Gasteiger partial charge in [-0.1, -0.05) is 214 Å². The Morgan fingerprint density at radius 3 is 1.28 bits per heavy atom. The van der Waals surface area contributed by atoms with Gasteiger partial charge < -0.3 is 31.6 Å². The largest absolute Gasteiger partial charge is 0.456 e. The van der Waals surface area contributed by atoms with E-state index in [9.17, 15) is 0 Å². The normalized spacial score (nSPS) is 13.2. The summed E-state index contributed by atoms with van der Waals surface area (Å²) in [6, 6.07) is 123. The molecule has 30 rings (SSSR count). The van der Waals surface area contributed by atoms with Crippen LogP contribution in [-0.4, -0.2) is 4.57 Å². The van der Waals surface area contributed by atoms with Crippen LogP contribution in [0.2, 0.25) is 0 Å². The van der Waals surface area contributed by atoms with Crippen molar-refractivity contribution in [3.63, 3.8) is 0 Å². The predicted octanol–water partition coefficient (Wildman–Crippen LogP) is 32.5. The fraction of sp³-hybridized carbons (Fsp3) is 0.0270. The molecular formula is C111H62N2O5S. The highest BCUT2D eigenvalue weighted by Crippen LogP contribution is 2.58. The van der Waals surface area contributed by atoms with E-state index in [1.165, 1.54) is 206 Å². The fourth-order valence-electron chi connectivity index (χ4n) is 21.7. The highest BCUT2D eigenvalue weighted by molar-refractivity contribution is 7.25. The Morgan fingerprint density at radius 1 is 0.244 bits per heavy atom. The summed E-state index contributed by atoms with van der Waals surface area (Å²) < 4.78 is 37.1. The molecule has 0 unspecified atom stereocenters. The van der Waals surface area contributed by atoms with E-state index in [0.717, 1.165) is 78.6 Å². The van der Waals surface area contributed by atoms with Crippen LogP contribution in [0.4, 0.5) is 17.1 Å². The van der Waals surface area contributed by atoms with Crippen molar-refractivity contribution in [1.29, 1.82) is 0 Å². The van der Waals surface area contributed by atoms with Gasteiger partial charge in [0.2, 0.25) is 0 Å². The van der Waals surface area contributed by atoms with Gasteiger partial charge in [-0.15, -0.1) is 11.3 Å². The summed E-state index contributed by atoms with van der Waals surface area (Å²) in [6.45, 7) is 4.70. The van der Waals surface area contributed by atoms with E-state index >= 15 is 0 Å². The number of fused-ring (bicyclic) bond motifs is 9. The monoisotopic (exact) mass is 1530 g/mol. The standard InChI is InChI=1S/C49H32N2O.C34H16O2S.C28H14O2/c1-49(2)38-15-7-6-12-34(38)35-25-24-33(28-39(35)49)50(30-10-4-3-5-11-30)31-20-22-32(23-21-31)51-40-16-8-13-36-37-14-9-17-42-46(37)48-43(52-42)27-19-29-18-26-41(51)47(44(29)48)45(36)40;1-2-7-27-20(4-1)22-16-18(10-15-28(22)37-27)19-11-14-26-34-30(19)21-5-3-6-23-31(21)32-24(35-23)12-8-17-9-13-25(36-26)33(34)29(17)32;1-2-5-15(6-3-1)17-11-14-22-28-24(17)18-7-4-8-19-25(18)26-20(29-19)12-9-16-10-13-21(30-22)27(28)23(16)26/h3-28H,1-2H3;1-16H;1-14H. The van der Waals surface area contributed by atoms with E-state index in [1.807, 2.05) is 11.3 Å². The van der Waals surface area contributed by atoms with Crippen LogP contribution in [0, 0.1) is 0 Å². The zero-order valence-corrected chi connectivity index (χ0v) is 65.0. The van der Waals surface area contributed by atoms with Crippen molar-refractivity contribution in [2.24, 2.45) is 0 Å². The van der Waals surface area contributed by atoms with Crippen LogP contribution in [0.3, 0.4) is 0 Å². The molecule has 0 spiro atoms. The summed E-state index contributed by atoms with van der Waals surface area (Å²) in [4.78, 5) is 2.39. The molecule has 0 saturated heterocycles. The minimum absolute atomic E-state index is 0.0788. The Bertz CT molecular complexity index is 9080. The van der Waals surface area contributed by atoms with Gasteiger partial charge >= 0.3 is 0 Å². The molecular weight excluding hydrogens is 1470 g/mol. The van der Waals surface area contributed by atoms with E-state index in [1.54, 1.807) is 0 Å². The third-order valence-electron chi connectivity index (χ3n) is 26.7. The third kappa shape index (κ3) is 8.48. The molecule has 4 aliphatic carbocycles. The minimum atomic E-state index is -0.0788. The predicted molar refractivity (Wildman–Crippen MR) is 496 cm³/mol. The summed E-state index contributed by atoms with van der Waals surface area (Å²) in [6.07, 6.45) is 0. The Hall–Kier alpha value is -15.2. The van der Waals surface area contributed by atoms with Crippen LogP contribution in [0.5, 0.6) is 0 Å². The van der Waals surface area contributed by atoms with Crippen molar-refractivity contribution < 1.29 is 22.1 Å². The van der Waals surface area contributed by atoms with Crippen LogP contribution in [0.25, 0.3) is 256 Å². The smallest absolute Gasteiger partial charge is 0.136 e. The molecule has 0 fully saturated rings. The average molecular weight is 1540 g/mol. The molecule has 0 aliphatic heterocycles. The molecule has 7 aromatic heterocycles. The molecule has 0 radical (unpaired) electrons. The quantitative estimate of drug-likeness (QED) is 0.165. The van der Waals surface area contributed by atoms with Gasteiger partial charge in [-0.2, -0.15) is 0 Å². The first-order valence-electron chi connectivity index (χ1n) is 40.8. The number of furan rings is 5. The number of para-hydroxylation sites is 1. The number of rotatable bonds is 6. The molecule has 0 amide bonds. The lowest BCUT2D eigenvalue weighted by molar-refractivity contribution is 0.660. The molecule has 7 nitrogen and oxygen atoms in total.